The van der Waals surface area contributed by atoms with E-state index in [9.17, 15) is 4.79 Å². The molecule has 22 heavy (non-hydrogen) atoms. The van der Waals surface area contributed by atoms with E-state index >= 15 is 0 Å². The molecule has 0 bridgehead atoms. The summed E-state index contributed by atoms with van der Waals surface area (Å²) in [6.07, 6.45) is 2.03. The Morgan fingerprint density at radius 2 is 2.18 bits per heavy atom. The van der Waals surface area contributed by atoms with Gasteiger partial charge in [-0.2, -0.15) is 5.10 Å². The fourth-order valence-electron chi connectivity index (χ4n) is 2.84. The predicted molar refractivity (Wildman–Crippen MR) is 85.7 cm³/mol. The van der Waals surface area contributed by atoms with Gasteiger partial charge >= 0.3 is 0 Å². The Balaban J connectivity index is 1.73. The number of rotatable bonds is 3. The van der Waals surface area contributed by atoms with Gasteiger partial charge < -0.3 is 4.90 Å². The number of halogens is 1. The number of aromatic amines is 1. The summed E-state index contributed by atoms with van der Waals surface area (Å²) in [7, 11) is 2.07. The maximum absolute atomic E-state index is 12.5. The Bertz CT molecular complexity index is 643. The number of aromatic nitrogens is 2. The molecule has 1 aliphatic rings. The lowest BCUT2D eigenvalue weighted by Crippen LogP contribution is -2.49. The first-order valence-corrected chi connectivity index (χ1v) is 7.73. The second-order valence-electron chi connectivity index (χ2n) is 5.62. The Morgan fingerprint density at radius 1 is 1.36 bits per heavy atom. The number of carbonyl (C=O) groups is 1. The number of likely N-dealkylation sites (N-methyl/N-ethyl adjacent to an activating group) is 1. The number of carbonyl (C=O) groups excluding carboxylic acids is 1. The number of nitrogens with one attached hydrogen (secondary N) is 1. The molecule has 1 aromatic heterocycles. The monoisotopic (exact) mass is 318 g/mol. The highest BCUT2D eigenvalue weighted by Gasteiger charge is 2.29. The Labute approximate surface area is 134 Å². The van der Waals surface area contributed by atoms with Crippen LogP contribution in [0.25, 0.3) is 0 Å². The minimum Gasteiger partial charge on any atom is -0.339 e. The van der Waals surface area contributed by atoms with Gasteiger partial charge in [-0.25, -0.2) is 0 Å². The summed E-state index contributed by atoms with van der Waals surface area (Å²) < 4.78 is 0. The van der Waals surface area contributed by atoms with Gasteiger partial charge in [-0.1, -0.05) is 29.8 Å². The Hall–Kier alpha value is -1.85. The van der Waals surface area contributed by atoms with Crippen LogP contribution in [0.3, 0.4) is 0 Å². The van der Waals surface area contributed by atoms with Crippen LogP contribution in [-0.2, 0) is 11.2 Å². The van der Waals surface area contributed by atoms with Crippen LogP contribution in [0.2, 0.25) is 5.02 Å². The molecule has 1 aliphatic heterocycles. The second kappa shape index (κ2) is 6.50. The Kier molecular flexibility index (Phi) is 4.45. The summed E-state index contributed by atoms with van der Waals surface area (Å²) in [5.74, 6) is 0.120. The van der Waals surface area contributed by atoms with Gasteiger partial charge in [0.15, 0.2) is 0 Å². The fourth-order valence-corrected chi connectivity index (χ4v) is 3.10. The summed E-state index contributed by atoms with van der Waals surface area (Å²) in [6.45, 7) is 2.24. The molecule has 116 valence electrons. The van der Waals surface area contributed by atoms with E-state index in [2.05, 4.69) is 22.1 Å². The number of amides is 1. The molecule has 1 unspecified atom stereocenters. The lowest BCUT2D eigenvalue weighted by molar-refractivity contribution is -0.133. The van der Waals surface area contributed by atoms with Crippen LogP contribution in [0.4, 0.5) is 0 Å². The highest BCUT2D eigenvalue weighted by Crippen LogP contribution is 2.29. The molecule has 2 heterocycles. The average Bonchev–Trinajstić information content (AvgIpc) is 3.01. The molecule has 1 atom stereocenters. The van der Waals surface area contributed by atoms with Gasteiger partial charge in [-0.15, -0.1) is 0 Å². The molecule has 0 radical (unpaired) electrons. The zero-order valence-electron chi connectivity index (χ0n) is 12.5. The minimum atomic E-state index is 0.120. The first-order valence-electron chi connectivity index (χ1n) is 7.36. The number of H-pyrrole nitrogens is 1. The van der Waals surface area contributed by atoms with E-state index in [1.165, 1.54) is 0 Å². The predicted octanol–water partition coefficient (Wildman–Crippen LogP) is 2.12. The van der Waals surface area contributed by atoms with Crippen LogP contribution in [0.15, 0.2) is 36.5 Å². The van der Waals surface area contributed by atoms with Crippen LogP contribution in [-0.4, -0.2) is 52.6 Å². The van der Waals surface area contributed by atoms with Crippen LogP contribution in [0.5, 0.6) is 0 Å². The molecule has 5 nitrogen and oxygen atoms in total. The van der Waals surface area contributed by atoms with E-state index in [4.69, 9.17) is 11.6 Å². The average molecular weight is 319 g/mol. The normalized spacial score (nSPS) is 19.4. The van der Waals surface area contributed by atoms with Crippen molar-refractivity contribution in [2.45, 2.75) is 12.5 Å². The third-order valence-electron chi connectivity index (χ3n) is 4.17. The van der Waals surface area contributed by atoms with Gasteiger partial charge in [0.1, 0.15) is 0 Å². The van der Waals surface area contributed by atoms with Crippen molar-refractivity contribution < 1.29 is 4.79 Å². The van der Waals surface area contributed by atoms with Crippen molar-refractivity contribution in [3.63, 3.8) is 0 Å². The molecule has 1 fully saturated rings. The highest BCUT2D eigenvalue weighted by atomic mass is 35.5. The van der Waals surface area contributed by atoms with Crippen LogP contribution < -0.4 is 0 Å². The number of piperazine rings is 1. The van der Waals surface area contributed by atoms with E-state index in [1.807, 2.05) is 35.2 Å². The lowest BCUT2D eigenvalue weighted by Gasteiger charge is -2.40. The minimum absolute atomic E-state index is 0.120. The summed E-state index contributed by atoms with van der Waals surface area (Å²) in [5.41, 5.74) is 1.92. The molecule has 0 spiro atoms. The third-order valence-corrected chi connectivity index (χ3v) is 4.51. The summed E-state index contributed by atoms with van der Waals surface area (Å²) in [6, 6.07) is 9.81. The SMILES string of the molecule is CN1CCN(C(=O)Cc2ccn[nH]2)CC1c1ccccc1Cl. The molecular weight excluding hydrogens is 300 g/mol. The van der Waals surface area contributed by atoms with Crippen LogP contribution in [0, 0.1) is 0 Å². The molecule has 0 aliphatic carbocycles. The molecule has 6 heteroatoms. The van der Waals surface area contributed by atoms with Gasteiger partial charge in [-0.05, 0) is 24.7 Å². The van der Waals surface area contributed by atoms with Crippen molar-refractivity contribution in [3.8, 4) is 0 Å². The topological polar surface area (TPSA) is 52.2 Å². The molecule has 0 saturated carbocycles. The number of benzene rings is 1. The van der Waals surface area contributed by atoms with Gasteiger partial charge in [0.2, 0.25) is 5.91 Å². The first kappa shape index (κ1) is 15.1. The van der Waals surface area contributed by atoms with Crippen LogP contribution in [0.1, 0.15) is 17.3 Å². The van der Waals surface area contributed by atoms with E-state index in [0.717, 1.165) is 29.4 Å². The lowest BCUT2D eigenvalue weighted by atomic mass is 10.0. The molecule has 1 saturated heterocycles. The van der Waals surface area contributed by atoms with Crippen molar-refractivity contribution >= 4 is 17.5 Å². The van der Waals surface area contributed by atoms with E-state index in [1.54, 1.807) is 6.20 Å². The van der Waals surface area contributed by atoms with E-state index < -0.39 is 0 Å². The zero-order valence-corrected chi connectivity index (χ0v) is 13.3. The van der Waals surface area contributed by atoms with Crippen LogP contribution >= 0.6 is 11.6 Å². The zero-order chi connectivity index (χ0) is 15.5. The molecule has 1 N–H and O–H groups in total. The Morgan fingerprint density at radius 3 is 2.91 bits per heavy atom. The van der Waals surface area contributed by atoms with E-state index in [-0.39, 0.29) is 11.9 Å². The van der Waals surface area contributed by atoms with Crippen molar-refractivity contribution in [2.24, 2.45) is 0 Å². The largest absolute Gasteiger partial charge is 0.339 e. The third kappa shape index (κ3) is 3.15. The molecule has 1 amide bonds. The summed E-state index contributed by atoms with van der Waals surface area (Å²) in [4.78, 5) is 16.6. The standard InChI is InChI=1S/C16H19ClN4O/c1-20-8-9-21(16(22)10-12-6-7-18-19-12)11-15(20)13-4-2-3-5-14(13)17/h2-7,15H,8-11H2,1H3,(H,18,19). The molecule has 3 rings (SSSR count). The number of hydrogen-bond donors (Lipinski definition) is 1. The maximum atomic E-state index is 12.5. The van der Waals surface area contributed by atoms with Gasteiger partial charge in [-0.3, -0.25) is 14.8 Å². The second-order valence-corrected chi connectivity index (χ2v) is 6.02. The first-order chi connectivity index (χ1) is 10.6. The molecular formula is C16H19ClN4O. The molecule has 2 aromatic rings. The van der Waals surface area contributed by atoms with E-state index in [0.29, 0.717) is 13.0 Å². The summed E-state index contributed by atoms with van der Waals surface area (Å²) in [5, 5.41) is 7.48. The van der Waals surface area contributed by atoms with Crippen molar-refractivity contribution in [3.05, 3.63) is 52.8 Å². The smallest absolute Gasteiger partial charge is 0.228 e. The number of hydrogen-bond acceptors (Lipinski definition) is 3. The molecule has 1 aromatic carbocycles. The van der Waals surface area contributed by atoms with Gasteiger partial charge in [0.25, 0.3) is 0 Å². The fraction of sp³-hybridized carbons (Fsp3) is 0.375. The van der Waals surface area contributed by atoms with Gasteiger partial charge in [0.05, 0.1) is 12.5 Å². The number of nitrogens with zero attached hydrogens (tertiary/aromatic N) is 3. The quantitative estimate of drug-likeness (QED) is 0.943. The van der Waals surface area contributed by atoms with Crippen molar-refractivity contribution in [2.75, 3.05) is 26.7 Å². The summed E-state index contributed by atoms with van der Waals surface area (Å²) >= 11 is 6.32. The van der Waals surface area contributed by atoms with Crippen molar-refractivity contribution in [1.29, 1.82) is 0 Å². The maximum Gasteiger partial charge on any atom is 0.228 e. The van der Waals surface area contributed by atoms with Gasteiger partial charge in [0, 0.05) is 36.5 Å². The highest BCUT2D eigenvalue weighted by molar-refractivity contribution is 6.31. The van der Waals surface area contributed by atoms with Crippen molar-refractivity contribution in [1.82, 2.24) is 20.0 Å².